The summed E-state index contributed by atoms with van der Waals surface area (Å²) in [7, 11) is 0. The first-order chi connectivity index (χ1) is 9.98. The maximum atomic E-state index is 12.6. The molecule has 1 aliphatic heterocycles. The van der Waals surface area contributed by atoms with Crippen molar-refractivity contribution < 1.29 is 35.8 Å². The summed E-state index contributed by atoms with van der Waals surface area (Å²) in [5.41, 5.74) is -0.729. The number of alkyl halides is 6. The van der Waals surface area contributed by atoms with Gasteiger partial charge in [-0.2, -0.15) is 26.3 Å². The molecule has 2 nitrogen and oxygen atoms in total. The molecule has 0 saturated carbocycles. The van der Waals surface area contributed by atoms with Crippen molar-refractivity contribution in [1.82, 2.24) is 0 Å². The Kier molecular flexibility index (Phi) is 5.44. The second kappa shape index (κ2) is 6.10. The molecule has 0 aromatic carbocycles. The molecule has 1 saturated heterocycles. The molecule has 1 heterocycles. The van der Waals surface area contributed by atoms with Gasteiger partial charge in [0, 0.05) is 5.41 Å². The average molecular weight is 350 g/mol. The number of epoxide rings is 1. The predicted molar refractivity (Wildman–Crippen MR) is 72.7 cm³/mol. The van der Waals surface area contributed by atoms with E-state index in [4.69, 9.17) is 4.74 Å². The number of hydrogen-bond acceptors (Lipinski definition) is 2. The molecule has 138 valence electrons. The monoisotopic (exact) mass is 350 g/mol. The van der Waals surface area contributed by atoms with E-state index < -0.39 is 36.3 Å². The third-order valence-corrected chi connectivity index (χ3v) is 4.20. The fourth-order valence-electron chi connectivity index (χ4n) is 2.92. The van der Waals surface area contributed by atoms with Crippen molar-refractivity contribution in [2.45, 2.75) is 78.8 Å². The lowest BCUT2D eigenvalue weighted by Crippen LogP contribution is -2.46. The second-order valence-corrected chi connectivity index (χ2v) is 7.92. The Morgan fingerprint density at radius 3 is 1.65 bits per heavy atom. The van der Waals surface area contributed by atoms with E-state index in [9.17, 15) is 26.3 Å². The van der Waals surface area contributed by atoms with Crippen molar-refractivity contribution in [3.05, 3.63) is 0 Å². The van der Waals surface area contributed by atoms with E-state index in [2.05, 4.69) is 4.74 Å². The number of hydrogen-bond donors (Lipinski definition) is 0. The van der Waals surface area contributed by atoms with Gasteiger partial charge in [-0.25, -0.2) is 0 Å². The molecule has 1 rings (SSSR count). The van der Waals surface area contributed by atoms with Crippen LogP contribution in [0.2, 0.25) is 0 Å². The Hall–Kier alpha value is -0.500. The smallest absolute Gasteiger partial charge is 0.341 e. The number of ether oxygens (including phenoxy) is 2. The van der Waals surface area contributed by atoms with Gasteiger partial charge in [-0.3, -0.25) is 0 Å². The standard InChI is InChI=1S/C15H24F6O2/c1-8(2)13(6,7-12(3,4)5)9-10(22-9)23-11(14(16,17)18)15(19,20)21/h8-11H,7H2,1-6H3. The van der Waals surface area contributed by atoms with Gasteiger partial charge in [-0.05, 0) is 17.8 Å². The molecule has 0 radical (unpaired) electrons. The van der Waals surface area contributed by atoms with Gasteiger partial charge in [0.25, 0.3) is 6.10 Å². The fourth-order valence-corrected chi connectivity index (χ4v) is 2.92. The highest BCUT2D eigenvalue weighted by Gasteiger charge is 2.64. The first-order valence-electron chi connectivity index (χ1n) is 7.43. The van der Waals surface area contributed by atoms with E-state index in [1.54, 1.807) is 0 Å². The first kappa shape index (κ1) is 20.5. The third-order valence-electron chi connectivity index (χ3n) is 4.20. The molecule has 3 atom stereocenters. The summed E-state index contributed by atoms with van der Waals surface area (Å²) in [6, 6.07) is 0. The van der Waals surface area contributed by atoms with Crippen molar-refractivity contribution in [1.29, 1.82) is 0 Å². The number of rotatable bonds is 5. The highest BCUT2D eigenvalue weighted by atomic mass is 19.4. The predicted octanol–water partition coefficient (Wildman–Crippen LogP) is 5.32. The minimum atomic E-state index is -5.52. The van der Waals surface area contributed by atoms with Crippen molar-refractivity contribution in [3.8, 4) is 0 Å². The zero-order chi connectivity index (χ0) is 18.4. The third kappa shape index (κ3) is 5.24. The zero-order valence-electron chi connectivity index (χ0n) is 14.1. The highest BCUT2D eigenvalue weighted by Crippen LogP contribution is 2.52. The van der Waals surface area contributed by atoms with Crippen LogP contribution in [-0.4, -0.2) is 30.9 Å². The van der Waals surface area contributed by atoms with E-state index in [-0.39, 0.29) is 11.3 Å². The van der Waals surface area contributed by atoms with Crippen molar-refractivity contribution in [2.24, 2.45) is 16.7 Å². The molecule has 1 aliphatic rings. The summed E-state index contributed by atoms with van der Waals surface area (Å²) in [6.45, 7) is 11.4. The largest absolute Gasteiger partial charge is 0.423 e. The summed E-state index contributed by atoms with van der Waals surface area (Å²) in [6.07, 6.45) is -16.5. The second-order valence-electron chi connectivity index (χ2n) is 7.92. The van der Waals surface area contributed by atoms with Crippen LogP contribution in [0.5, 0.6) is 0 Å². The van der Waals surface area contributed by atoms with Gasteiger partial charge in [0.15, 0.2) is 6.29 Å². The quantitative estimate of drug-likeness (QED) is 0.494. The average Bonchev–Trinajstić information content (AvgIpc) is 2.99. The van der Waals surface area contributed by atoms with Crippen LogP contribution in [0.25, 0.3) is 0 Å². The van der Waals surface area contributed by atoms with Gasteiger partial charge < -0.3 is 9.47 Å². The van der Waals surface area contributed by atoms with Crippen LogP contribution in [0.1, 0.15) is 48.0 Å². The normalized spacial score (nSPS) is 25.8. The summed E-state index contributed by atoms with van der Waals surface area (Å²) in [5.74, 6) is 0.00977. The Bertz CT molecular complexity index is 396. The van der Waals surface area contributed by atoms with E-state index in [1.165, 1.54) is 0 Å². The maximum absolute atomic E-state index is 12.6. The van der Waals surface area contributed by atoms with Crippen LogP contribution in [-0.2, 0) is 9.47 Å². The molecule has 1 fully saturated rings. The Balaban J connectivity index is 2.88. The van der Waals surface area contributed by atoms with E-state index in [0.717, 1.165) is 0 Å². The summed E-state index contributed by atoms with van der Waals surface area (Å²) < 4.78 is 84.7. The molecule has 8 heteroatoms. The Morgan fingerprint density at radius 2 is 1.35 bits per heavy atom. The van der Waals surface area contributed by atoms with Crippen molar-refractivity contribution in [2.75, 3.05) is 0 Å². The first-order valence-corrected chi connectivity index (χ1v) is 7.43. The summed E-state index contributed by atoms with van der Waals surface area (Å²) >= 11 is 0. The lowest BCUT2D eigenvalue weighted by Gasteiger charge is -2.38. The molecular weight excluding hydrogens is 326 g/mol. The van der Waals surface area contributed by atoms with Crippen molar-refractivity contribution >= 4 is 0 Å². The fraction of sp³-hybridized carbons (Fsp3) is 1.00. The Labute approximate surface area is 132 Å². The Morgan fingerprint density at radius 1 is 0.913 bits per heavy atom. The molecule has 0 aliphatic carbocycles. The van der Waals surface area contributed by atoms with Gasteiger partial charge in [0.1, 0.15) is 6.10 Å². The van der Waals surface area contributed by atoms with E-state index in [0.29, 0.717) is 6.42 Å². The van der Waals surface area contributed by atoms with Gasteiger partial charge in [-0.15, -0.1) is 0 Å². The van der Waals surface area contributed by atoms with Gasteiger partial charge in [-0.1, -0.05) is 41.5 Å². The molecule has 0 bridgehead atoms. The van der Waals surface area contributed by atoms with Crippen LogP contribution >= 0.6 is 0 Å². The molecule has 3 unspecified atom stereocenters. The topological polar surface area (TPSA) is 21.8 Å². The number of halogens is 6. The molecule has 0 aromatic heterocycles. The maximum Gasteiger partial charge on any atom is 0.423 e. The minimum Gasteiger partial charge on any atom is -0.341 e. The summed E-state index contributed by atoms with van der Waals surface area (Å²) in [5, 5.41) is 0. The molecular formula is C15H24F6O2. The minimum absolute atomic E-state index is 0.00977. The zero-order valence-corrected chi connectivity index (χ0v) is 14.1. The van der Waals surface area contributed by atoms with E-state index in [1.807, 2.05) is 41.5 Å². The van der Waals surface area contributed by atoms with Gasteiger partial charge in [0.05, 0.1) is 0 Å². The van der Waals surface area contributed by atoms with Crippen LogP contribution in [0.3, 0.4) is 0 Å². The molecule has 23 heavy (non-hydrogen) atoms. The molecule has 0 spiro atoms. The molecule has 0 amide bonds. The van der Waals surface area contributed by atoms with Crippen LogP contribution in [0, 0.1) is 16.7 Å². The van der Waals surface area contributed by atoms with Crippen LogP contribution in [0.4, 0.5) is 26.3 Å². The lowest BCUT2D eigenvalue weighted by molar-refractivity contribution is -0.330. The van der Waals surface area contributed by atoms with Crippen molar-refractivity contribution in [3.63, 3.8) is 0 Å². The molecule has 0 N–H and O–H groups in total. The van der Waals surface area contributed by atoms with E-state index >= 15 is 0 Å². The molecule has 0 aromatic rings. The van der Waals surface area contributed by atoms with Crippen LogP contribution < -0.4 is 0 Å². The SMILES string of the molecule is CC(C)C(C)(CC(C)(C)C)C1OC1OC(C(F)(F)F)C(F)(F)F. The lowest BCUT2D eigenvalue weighted by atomic mass is 9.67. The summed E-state index contributed by atoms with van der Waals surface area (Å²) in [4.78, 5) is 0. The van der Waals surface area contributed by atoms with Gasteiger partial charge >= 0.3 is 12.4 Å². The highest BCUT2D eigenvalue weighted by molar-refractivity contribution is 4.99. The van der Waals surface area contributed by atoms with Crippen LogP contribution in [0.15, 0.2) is 0 Å². The van der Waals surface area contributed by atoms with Gasteiger partial charge in [0.2, 0.25) is 0 Å².